The minimum atomic E-state index is -4.04. The summed E-state index contributed by atoms with van der Waals surface area (Å²) in [5.74, 6) is 0.360. The van der Waals surface area contributed by atoms with Crippen molar-refractivity contribution in [2.24, 2.45) is 0 Å². The number of anilines is 1. The fourth-order valence-electron chi connectivity index (χ4n) is 3.35. The SMILES string of the molecule is COc1cc(OC)c(NS(=O)(=O)c2cc(C(=O)N3CCOC(C)C3)ccc2C)cc1Cl. The van der Waals surface area contributed by atoms with E-state index in [-0.39, 0.29) is 33.4 Å². The van der Waals surface area contributed by atoms with Crippen LogP contribution in [0.1, 0.15) is 22.8 Å². The van der Waals surface area contributed by atoms with Gasteiger partial charge in [0.2, 0.25) is 0 Å². The first-order chi connectivity index (χ1) is 14.7. The summed E-state index contributed by atoms with van der Waals surface area (Å²) in [6.07, 6.45) is -0.0692. The molecular weight excluding hydrogens is 444 g/mol. The van der Waals surface area contributed by atoms with Gasteiger partial charge in [0.05, 0.1) is 42.5 Å². The second kappa shape index (κ2) is 9.33. The number of hydrogen-bond acceptors (Lipinski definition) is 6. The third kappa shape index (κ3) is 5.06. The van der Waals surface area contributed by atoms with E-state index < -0.39 is 10.0 Å². The van der Waals surface area contributed by atoms with Gasteiger partial charge in [0, 0.05) is 24.7 Å². The molecule has 1 aliphatic rings. The predicted octanol–water partition coefficient (Wildman–Crippen LogP) is 3.33. The number of sulfonamides is 1. The van der Waals surface area contributed by atoms with Crippen LogP contribution in [0.5, 0.6) is 11.5 Å². The molecule has 0 aliphatic carbocycles. The Labute approximate surface area is 187 Å². The molecule has 0 aromatic heterocycles. The smallest absolute Gasteiger partial charge is 0.262 e. The van der Waals surface area contributed by atoms with Crippen molar-refractivity contribution < 1.29 is 27.4 Å². The van der Waals surface area contributed by atoms with Crippen LogP contribution in [0.3, 0.4) is 0 Å². The van der Waals surface area contributed by atoms with E-state index in [1.807, 2.05) is 6.92 Å². The normalized spacial score (nSPS) is 16.7. The number of hydrogen-bond donors (Lipinski definition) is 1. The molecule has 168 valence electrons. The highest BCUT2D eigenvalue weighted by Gasteiger charge is 2.26. The number of morpholine rings is 1. The number of nitrogens with zero attached hydrogens (tertiary/aromatic N) is 1. The van der Waals surface area contributed by atoms with Crippen molar-refractivity contribution in [3.8, 4) is 11.5 Å². The molecule has 2 aromatic carbocycles. The second-order valence-corrected chi connectivity index (χ2v) is 9.26. The molecule has 10 heteroatoms. The molecule has 0 bridgehead atoms. The Bertz CT molecular complexity index is 1090. The van der Waals surface area contributed by atoms with E-state index in [0.29, 0.717) is 36.6 Å². The molecule has 31 heavy (non-hydrogen) atoms. The van der Waals surface area contributed by atoms with Crippen LogP contribution in [0.15, 0.2) is 35.2 Å². The van der Waals surface area contributed by atoms with Crippen LogP contribution in [0, 0.1) is 6.92 Å². The molecule has 2 aromatic rings. The fourth-order valence-corrected chi connectivity index (χ4v) is 4.92. The Morgan fingerprint density at radius 3 is 2.55 bits per heavy atom. The number of nitrogens with one attached hydrogen (secondary N) is 1. The van der Waals surface area contributed by atoms with Crippen molar-refractivity contribution in [2.75, 3.05) is 38.6 Å². The zero-order valence-electron chi connectivity index (χ0n) is 17.8. The van der Waals surface area contributed by atoms with Gasteiger partial charge in [-0.2, -0.15) is 0 Å². The van der Waals surface area contributed by atoms with Crippen LogP contribution in [-0.4, -0.2) is 59.2 Å². The Kier molecular flexibility index (Phi) is 6.98. The van der Waals surface area contributed by atoms with E-state index in [1.54, 1.807) is 24.0 Å². The number of aryl methyl sites for hydroxylation is 1. The molecule has 3 rings (SSSR count). The van der Waals surface area contributed by atoms with Gasteiger partial charge in [-0.1, -0.05) is 17.7 Å². The van der Waals surface area contributed by atoms with Crippen LogP contribution >= 0.6 is 11.6 Å². The molecule has 0 radical (unpaired) electrons. The maximum atomic E-state index is 13.2. The summed E-state index contributed by atoms with van der Waals surface area (Å²) in [7, 11) is -1.17. The molecular formula is C21H25ClN2O6S. The highest BCUT2D eigenvalue weighted by Crippen LogP contribution is 2.37. The largest absolute Gasteiger partial charge is 0.495 e. The molecule has 1 amide bonds. The highest BCUT2D eigenvalue weighted by atomic mass is 35.5. The van der Waals surface area contributed by atoms with E-state index in [2.05, 4.69) is 4.72 Å². The molecule has 8 nitrogen and oxygen atoms in total. The summed E-state index contributed by atoms with van der Waals surface area (Å²) < 4.78 is 44.7. The fraction of sp³-hybridized carbons (Fsp3) is 0.381. The number of amides is 1. The lowest BCUT2D eigenvalue weighted by atomic mass is 10.1. The van der Waals surface area contributed by atoms with Gasteiger partial charge in [-0.05, 0) is 37.6 Å². The molecule has 1 heterocycles. The van der Waals surface area contributed by atoms with E-state index in [1.165, 1.54) is 32.4 Å². The number of ether oxygens (including phenoxy) is 3. The zero-order valence-corrected chi connectivity index (χ0v) is 19.3. The van der Waals surface area contributed by atoms with Crippen LogP contribution in [-0.2, 0) is 14.8 Å². The van der Waals surface area contributed by atoms with Gasteiger partial charge in [-0.15, -0.1) is 0 Å². The van der Waals surface area contributed by atoms with Crippen molar-refractivity contribution in [3.05, 3.63) is 46.5 Å². The average molecular weight is 469 g/mol. The number of halogens is 1. The van der Waals surface area contributed by atoms with E-state index in [9.17, 15) is 13.2 Å². The van der Waals surface area contributed by atoms with Gasteiger partial charge in [-0.25, -0.2) is 8.42 Å². The first kappa shape index (κ1) is 23.2. The molecule has 1 N–H and O–H groups in total. The maximum absolute atomic E-state index is 13.2. The summed E-state index contributed by atoms with van der Waals surface area (Å²) in [5.41, 5.74) is 0.948. The summed E-state index contributed by atoms with van der Waals surface area (Å²) in [5, 5.41) is 0.225. The second-order valence-electron chi connectivity index (χ2n) is 7.21. The van der Waals surface area contributed by atoms with Crippen LogP contribution < -0.4 is 14.2 Å². The average Bonchev–Trinajstić information content (AvgIpc) is 2.73. The summed E-state index contributed by atoms with van der Waals surface area (Å²) in [6, 6.07) is 7.53. The Hall–Kier alpha value is -2.49. The van der Waals surface area contributed by atoms with Gasteiger partial charge in [0.25, 0.3) is 15.9 Å². The van der Waals surface area contributed by atoms with Gasteiger partial charge >= 0.3 is 0 Å². The molecule has 1 aliphatic heterocycles. The summed E-state index contributed by atoms with van der Waals surface area (Å²) in [4.78, 5) is 14.6. The van der Waals surface area contributed by atoms with Gasteiger partial charge in [0.15, 0.2) is 0 Å². The number of methoxy groups -OCH3 is 2. The lowest BCUT2D eigenvalue weighted by molar-refractivity contribution is -0.0124. The molecule has 1 atom stereocenters. The number of carbonyl (C=O) groups is 1. The minimum absolute atomic E-state index is 0.00588. The minimum Gasteiger partial charge on any atom is -0.495 e. The van der Waals surface area contributed by atoms with Crippen LogP contribution in [0.4, 0.5) is 5.69 Å². The molecule has 1 fully saturated rings. The monoisotopic (exact) mass is 468 g/mol. The molecule has 1 unspecified atom stereocenters. The van der Waals surface area contributed by atoms with Crippen molar-refractivity contribution in [1.29, 1.82) is 0 Å². The number of benzene rings is 2. The Morgan fingerprint density at radius 2 is 1.90 bits per heavy atom. The lowest BCUT2D eigenvalue weighted by Crippen LogP contribution is -2.44. The number of rotatable bonds is 6. The van der Waals surface area contributed by atoms with E-state index in [0.717, 1.165) is 0 Å². The third-order valence-corrected chi connectivity index (χ3v) is 6.77. The summed E-state index contributed by atoms with van der Waals surface area (Å²) in [6.45, 7) is 4.91. The Morgan fingerprint density at radius 1 is 1.19 bits per heavy atom. The topological polar surface area (TPSA) is 94.2 Å². The van der Waals surface area contributed by atoms with E-state index >= 15 is 0 Å². The lowest BCUT2D eigenvalue weighted by Gasteiger charge is -2.31. The molecule has 0 spiro atoms. The quantitative estimate of drug-likeness (QED) is 0.698. The van der Waals surface area contributed by atoms with Crippen molar-refractivity contribution >= 4 is 33.2 Å². The highest BCUT2D eigenvalue weighted by molar-refractivity contribution is 7.92. The standard InChI is InChI=1S/C21H25ClN2O6S/c1-13-5-6-15(21(25)24-7-8-30-14(2)12-24)9-20(13)31(26,27)23-17-10-16(22)18(28-3)11-19(17)29-4/h5-6,9-11,14,23H,7-8,12H2,1-4H3. The van der Waals surface area contributed by atoms with E-state index in [4.69, 9.17) is 25.8 Å². The first-order valence-corrected chi connectivity index (χ1v) is 11.5. The van der Waals surface area contributed by atoms with Gasteiger partial charge in [0.1, 0.15) is 11.5 Å². The molecule has 1 saturated heterocycles. The van der Waals surface area contributed by atoms with Crippen molar-refractivity contribution in [3.63, 3.8) is 0 Å². The Balaban J connectivity index is 1.94. The maximum Gasteiger partial charge on any atom is 0.262 e. The van der Waals surface area contributed by atoms with Crippen LogP contribution in [0.2, 0.25) is 5.02 Å². The van der Waals surface area contributed by atoms with Crippen LogP contribution in [0.25, 0.3) is 0 Å². The van der Waals surface area contributed by atoms with Crippen molar-refractivity contribution in [2.45, 2.75) is 24.8 Å². The van der Waals surface area contributed by atoms with Crippen molar-refractivity contribution in [1.82, 2.24) is 4.90 Å². The third-order valence-electron chi connectivity index (χ3n) is 4.97. The molecule has 0 saturated carbocycles. The van der Waals surface area contributed by atoms with Gasteiger partial charge < -0.3 is 19.1 Å². The number of carbonyl (C=O) groups excluding carboxylic acids is 1. The first-order valence-electron chi connectivity index (χ1n) is 9.62. The zero-order chi connectivity index (χ0) is 22.8. The predicted molar refractivity (Wildman–Crippen MR) is 118 cm³/mol. The summed E-state index contributed by atoms with van der Waals surface area (Å²) >= 11 is 6.15. The van der Waals surface area contributed by atoms with Gasteiger partial charge in [-0.3, -0.25) is 9.52 Å².